The molecule has 0 bridgehead atoms. The van der Waals surface area contributed by atoms with Gasteiger partial charge in [-0.1, -0.05) is 48.6 Å². The fourth-order valence-electron chi connectivity index (χ4n) is 3.60. The first-order valence-corrected chi connectivity index (χ1v) is 8.75. The first-order valence-electron chi connectivity index (χ1n) is 8.75. The summed E-state index contributed by atoms with van der Waals surface area (Å²) < 4.78 is 5.61. The maximum Gasteiger partial charge on any atom is 0.0484 e. The maximum absolute atomic E-state index is 6.26. The number of hydrogen-bond acceptors (Lipinski definition) is 3. The Morgan fingerprint density at radius 1 is 1.04 bits per heavy atom. The molecule has 1 aromatic rings. The largest absolute Gasteiger partial charge is 0.381 e. The molecule has 2 aliphatic rings. The van der Waals surface area contributed by atoms with Crippen molar-refractivity contribution < 1.29 is 4.74 Å². The van der Waals surface area contributed by atoms with Crippen LogP contribution in [-0.4, -0.2) is 36.7 Å². The van der Waals surface area contributed by atoms with Crippen LogP contribution >= 0.6 is 0 Å². The van der Waals surface area contributed by atoms with Crippen molar-refractivity contribution in [3.05, 3.63) is 59.7 Å². The van der Waals surface area contributed by atoms with E-state index in [-0.39, 0.29) is 5.54 Å². The molecule has 0 atom stereocenters. The molecule has 2 N–H and O–H groups in total. The van der Waals surface area contributed by atoms with Gasteiger partial charge < -0.3 is 10.5 Å². The Morgan fingerprint density at radius 2 is 1.83 bits per heavy atom. The fourth-order valence-corrected chi connectivity index (χ4v) is 3.60. The highest BCUT2D eigenvalue weighted by molar-refractivity contribution is 5.25. The lowest BCUT2D eigenvalue weighted by molar-refractivity contribution is -0.0240. The average molecular weight is 312 g/mol. The molecule has 0 radical (unpaired) electrons. The summed E-state index contributed by atoms with van der Waals surface area (Å²) in [6.07, 6.45) is 11.3. The van der Waals surface area contributed by atoms with E-state index in [1.165, 1.54) is 11.1 Å². The van der Waals surface area contributed by atoms with Crippen molar-refractivity contribution >= 4 is 0 Å². The Hall–Kier alpha value is -1.42. The summed E-state index contributed by atoms with van der Waals surface area (Å²) in [5, 5.41) is 0. The number of nitrogens with two attached hydrogens (primary N) is 1. The number of ether oxygens (including phenoxy) is 1. The molecule has 3 heteroatoms. The predicted molar refractivity (Wildman–Crippen MR) is 95.1 cm³/mol. The van der Waals surface area contributed by atoms with Gasteiger partial charge in [-0.3, -0.25) is 4.90 Å². The van der Waals surface area contributed by atoms with Gasteiger partial charge in [0.25, 0.3) is 0 Å². The molecule has 3 rings (SSSR count). The van der Waals surface area contributed by atoms with Gasteiger partial charge in [0.2, 0.25) is 0 Å². The lowest BCUT2D eigenvalue weighted by Gasteiger charge is -2.46. The third kappa shape index (κ3) is 4.11. The van der Waals surface area contributed by atoms with E-state index in [1.54, 1.807) is 0 Å². The minimum Gasteiger partial charge on any atom is -0.381 e. The number of allylic oxidation sites excluding steroid dienone is 2. The monoisotopic (exact) mass is 312 g/mol. The Bertz CT molecular complexity index is 544. The third-order valence-corrected chi connectivity index (χ3v) is 5.14. The molecule has 1 aromatic carbocycles. The molecule has 124 valence electrons. The molecular weight excluding hydrogens is 284 g/mol. The minimum absolute atomic E-state index is 0.0558. The van der Waals surface area contributed by atoms with Crippen molar-refractivity contribution in [3.63, 3.8) is 0 Å². The standard InChI is InChI=1S/C20H28N2O/c21-17-20(11-13-23-14-12-20)22(15-18-7-3-1-4-8-18)16-19-9-5-2-6-10-19/h1,3-5,7-10H,2,6,11-17,21H2. The summed E-state index contributed by atoms with van der Waals surface area (Å²) in [4.78, 5) is 2.59. The van der Waals surface area contributed by atoms with Crippen LogP contribution in [0.2, 0.25) is 0 Å². The number of benzene rings is 1. The Balaban J connectivity index is 1.82. The molecule has 0 amide bonds. The molecule has 3 nitrogen and oxygen atoms in total. The molecule has 0 aromatic heterocycles. The van der Waals surface area contributed by atoms with Crippen molar-refractivity contribution in [2.24, 2.45) is 5.73 Å². The highest BCUT2D eigenvalue weighted by Crippen LogP contribution is 2.30. The van der Waals surface area contributed by atoms with Gasteiger partial charge in [-0.2, -0.15) is 0 Å². The molecule has 1 aliphatic heterocycles. The van der Waals surface area contributed by atoms with Gasteiger partial charge in [0.15, 0.2) is 0 Å². The van der Waals surface area contributed by atoms with Crippen LogP contribution in [0.25, 0.3) is 0 Å². The highest BCUT2D eigenvalue weighted by atomic mass is 16.5. The van der Waals surface area contributed by atoms with Crippen LogP contribution in [0.15, 0.2) is 54.1 Å². The second-order valence-corrected chi connectivity index (χ2v) is 6.64. The van der Waals surface area contributed by atoms with Gasteiger partial charge in [0.1, 0.15) is 0 Å². The van der Waals surface area contributed by atoms with Gasteiger partial charge in [-0.15, -0.1) is 0 Å². The molecule has 0 saturated carbocycles. The summed E-state index contributed by atoms with van der Waals surface area (Å²) in [6.45, 7) is 4.25. The smallest absolute Gasteiger partial charge is 0.0484 e. The van der Waals surface area contributed by atoms with Crippen LogP contribution in [-0.2, 0) is 11.3 Å². The number of hydrogen-bond donors (Lipinski definition) is 1. The van der Waals surface area contributed by atoms with E-state index in [4.69, 9.17) is 10.5 Å². The Labute approximate surface area is 139 Å². The molecular formula is C20H28N2O. The minimum atomic E-state index is 0.0558. The summed E-state index contributed by atoms with van der Waals surface area (Å²) in [5.41, 5.74) is 9.10. The molecule has 1 heterocycles. The van der Waals surface area contributed by atoms with Crippen molar-refractivity contribution in [3.8, 4) is 0 Å². The average Bonchev–Trinajstić information content (AvgIpc) is 2.63. The van der Waals surface area contributed by atoms with Crippen molar-refractivity contribution in [1.82, 2.24) is 4.90 Å². The second-order valence-electron chi connectivity index (χ2n) is 6.64. The van der Waals surface area contributed by atoms with E-state index in [1.807, 2.05) is 0 Å². The summed E-state index contributed by atoms with van der Waals surface area (Å²) in [7, 11) is 0. The van der Waals surface area contributed by atoms with Crippen LogP contribution < -0.4 is 5.73 Å². The first kappa shape index (κ1) is 16.4. The van der Waals surface area contributed by atoms with Gasteiger partial charge >= 0.3 is 0 Å². The molecule has 1 aliphatic carbocycles. The topological polar surface area (TPSA) is 38.5 Å². The van der Waals surface area contributed by atoms with Gasteiger partial charge in [0, 0.05) is 38.4 Å². The van der Waals surface area contributed by atoms with E-state index < -0.39 is 0 Å². The molecule has 23 heavy (non-hydrogen) atoms. The lowest BCUT2D eigenvalue weighted by atomic mass is 9.86. The van der Waals surface area contributed by atoms with Crippen LogP contribution in [0.1, 0.15) is 31.2 Å². The molecule has 0 unspecified atom stereocenters. The van der Waals surface area contributed by atoms with Crippen LogP contribution in [0.3, 0.4) is 0 Å². The van der Waals surface area contributed by atoms with E-state index in [0.29, 0.717) is 6.54 Å². The van der Waals surface area contributed by atoms with Crippen LogP contribution in [0, 0.1) is 0 Å². The lowest BCUT2D eigenvalue weighted by Crippen LogP contribution is -2.57. The first-order chi connectivity index (χ1) is 11.3. The van der Waals surface area contributed by atoms with Crippen LogP contribution in [0.5, 0.6) is 0 Å². The van der Waals surface area contributed by atoms with Gasteiger partial charge in [0.05, 0.1) is 0 Å². The van der Waals surface area contributed by atoms with E-state index >= 15 is 0 Å². The van der Waals surface area contributed by atoms with Gasteiger partial charge in [-0.05, 0) is 36.8 Å². The van der Waals surface area contributed by atoms with Gasteiger partial charge in [-0.25, -0.2) is 0 Å². The van der Waals surface area contributed by atoms with Crippen molar-refractivity contribution in [2.45, 2.75) is 37.8 Å². The summed E-state index contributed by atoms with van der Waals surface area (Å²) >= 11 is 0. The van der Waals surface area contributed by atoms with Crippen molar-refractivity contribution in [1.29, 1.82) is 0 Å². The molecule has 1 fully saturated rings. The number of nitrogens with zero attached hydrogens (tertiary/aromatic N) is 1. The highest BCUT2D eigenvalue weighted by Gasteiger charge is 2.37. The zero-order valence-electron chi connectivity index (χ0n) is 13.9. The summed E-state index contributed by atoms with van der Waals surface area (Å²) in [6, 6.07) is 10.7. The second kappa shape index (κ2) is 7.91. The maximum atomic E-state index is 6.26. The Morgan fingerprint density at radius 3 is 2.48 bits per heavy atom. The van der Waals surface area contributed by atoms with E-state index in [2.05, 4.69) is 53.5 Å². The zero-order chi connectivity index (χ0) is 16.0. The predicted octanol–water partition coefficient (Wildman–Crippen LogP) is 3.27. The SMILES string of the molecule is NCC1(N(CC2=CCCC=C2)Cc2ccccc2)CCOCC1. The van der Waals surface area contributed by atoms with Crippen molar-refractivity contribution in [2.75, 3.05) is 26.3 Å². The quantitative estimate of drug-likeness (QED) is 0.876. The fraction of sp³-hybridized carbons (Fsp3) is 0.500. The van der Waals surface area contributed by atoms with Crippen LogP contribution in [0.4, 0.5) is 0 Å². The molecule has 1 saturated heterocycles. The summed E-state index contributed by atoms with van der Waals surface area (Å²) in [5.74, 6) is 0. The zero-order valence-corrected chi connectivity index (χ0v) is 13.9. The number of rotatable bonds is 6. The van der Waals surface area contributed by atoms with E-state index in [0.717, 1.165) is 52.0 Å². The normalized spacial score (nSPS) is 20.5. The molecule has 0 spiro atoms. The Kier molecular flexibility index (Phi) is 5.65. The van der Waals surface area contributed by atoms with E-state index in [9.17, 15) is 0 Å². The third-order valence-electron chi connectivity index (χ3n) is 5.14.